The SMILES string of the molecule is NCc1nc2ccccc2n1CCN1CCOCC1. The molecule has 1 fully saturated rings. The minimum Gasteiger partial charge on any atom is -0.379 e. The third-order valence-electron chi connectivity index (χ3n) is 3.66. The Balaban J connectivity index is 1.78. The molecule has 1 saturated heterocycles. The Hall–Kier alpha value is -1.43. The fraction of sp³-hybridized carbons (Fsp3) is 0.500. The Morgan fingerprint density at radius 2 is 1.95 bits per heavy atom. The minimum atomic E-state index is 0.484. The van der Waals surface area contributed by atoms with Gasteiger partial charge in [0.05, 0.1) is 30.8 Å². The van der Waals surface area contributed by atoms with E-state index < -0.39 is 0 Å². The lowest BCUT2D eigenvalue weighted by Gasteiger charge is -2.26. The smallest absolute Gasteiger partial charge is 0.123 e. The second kappa shape index (κ2) is 5.69. The zero-order valence-electron chi connectivity index (χ0n) is 11.1. The van der Waals surface area contributed by atoms with E-state index in [0.29, 0.717) is 6.54 Å². The number of hydrogen-bond donors (Lipinski definition) is 1. The zero-order chi connectivity index (χ0) is 13.1. The molecule has 3 rings (SSSR count). The Bertz CT molecular complexity index is 545. The molecule has 0 amide bonds. The van der Waals surface area contributed by atoms with E-state index in [9.17, 15) is 0 Å². The topological polar surface area (TPSA) is 56.3 Å². The number of nitrogens with zero attached hydrogens (tertiary/aromatic N) is 3. The van der Waals surface area contributed by atoms with Crippen LogP contribution in [-0.4, -0.2) is 47.3 Å². The number of ether oxygens (including phenoxy) is 1. The van der Waals surface area contributed by atoms with Crippen molar-refractivity contribution >= 4 is 11.0 Å². The van der Waals surface area contributed by atoms with Crippen molar-refractivity contribution in [3.63, 3.8) is 0 Å². The van der Waals surface area contributed by atoms with E-state index >= 15 is 0 Å². The molecule has 0 atom stereocenters. The summed E-state index contributed by atoms with van der Waals surface area (Å²) in [4.78, 5) is 7.02. The summed E-state index contributed by atoms with van der Waals surface area (Å²) in [6, 6.07) is 8.22. The Morgan fingerprint density at radius 1 is 1.16 bits per heavy atom. The van der Waals surface area contributed by atoms with Crippen LogP contribution in [0.2, 0.25) is 0 Å². The number of aromatic nitrogens is 2. The highest BCUT2D eigenvalue weighted by Crippen LogP contribution is 2.15. The summed E-state index contributed by atoms with van der Waals surface area (Å²) >= 11 is 0. The van der Waals surface area contributed by atoms with E-state index in [-0.39, 0.29) is 0 Å². The fourth-order valence-corrected chi connectivity index (χ4v) is 2.60. The van der Waals surface area contributed by atoms with E-state index in [1.807, 2.05) is 12.1 Å². The van der Waals surface area contributed by atoms with Gasteiger partial charge in [-0.05, 0) is 12.1 Å². The Labute approximate surface area is 113 Å². The number of benzene rings is 1. The molecule has 1 aromatic heterocycles. The Kier molecular flexibility index (Phi) is 3.77. The summed E-state index contributed by atoms with van der Waals surface area (Å²) in [5, 5.41) is 0. The number of morpholine rings is 1. The van der Waals surface area contributed by atoms with Crippen LogP contribution < -0.4 is 5.73 Å². The third kappa shape index (κ3) is 2.63. The maximum atomic E-state index is 5.81. The molecule has 0 aliphatic carbocycles. The van der Waals surface area contributed by atoms with Crippen molar-refractivity contribution in [2.75, 3.05) is 32.8 Å². The van der Waals surface area contributed by atoms with Crippen LogP contribution in [0.3, 0.4) is 0 Å². The fourth-order valence-electron chi connectivity index (χ4n) is 2.60. The number of para-hydroxylation sites is 2. The van der Waals surface area contributed by atoms with Gasteiger partial charge in [-0.2, -0.15) is 0 Å². The quantitative estimate of drug-likeness (QED) is 0.884. The third-order valence-corrected chi connectivity index (χ3v) is 3.66. The molecule has 2 N–H and O–H groups in total. The standard InChI is InChI=1S/C14H20N4O/c15-11-14-16-12-3-1-2-4-13(12)18(14)6-5-17-7-9-19-10-8-17/h1-4H,5-11,15H2. The van der Waals surface area contributed by atoms with Gasteiger partial charge in [-0.3, -0.25) is 4.90 Å². The first-order valence-electron chi connectivity index (χ1n) is 6.83. The van der Waals surface area contributed by atoms with Gasteiger partial charge in [-0.15, -0.1) is 0 Å². The van der Waals surface area contributed by atoms with Crippen molar-refractivity contribution in [2.45, 2.75) is 13.1 Å². The highest BCUT2D eigenvalue weighted by atomic mass is 16.5. The number of imidazole rings is 1. The molecular weight excluding hydrogens is 240 g/mol. The second-order valence-electron chi connectivity index (χ2n) is 4.83. The largest absolute Gasteiger partial charge is 0.379 e. The lowest BCUT2D eigenvalue weighted by molar-refractivity contribution is 0.0364. The molecular formula is C14H20N4O. The van der Waals surface area contributed by atoms with Crippen molar-refractivity contribution in [3.8, 4) is 0 Å². The lowest BCUT2D eigenvalue weighted by atomic mass is 10.3. The van der Waals surface area contributed by atoms with E-state index in [2.05, 4.69) is 26.6 Å². The number of rotatable bonds is 4. The van der Waals surface area contributed by atoms with E-state index in [1.54, 1.807) is 0 Å². The maximum absolute atomic E-state index is 5.81. The van der Waals surface area contributed by atoms with E-state index in [4.69, 9.17) is 10.5 Å². The molecule has 0 spiro atoms. The van der Waals surface area contributed by atoms with Crippen molar-refractivity contribution < 1.29 is 4.74 Å². The summed E-state index contributed by atoms with van der Waals surface area (Å²) in [5.74, 6) is 0.967. The molecule has 2 aromatic rings. The maximum Gasteiger partial charge on any atom is 0.123 e. The van der Waals surface area contributed by atoms with Crippen LogP contribution in [0, 0.1) is 0 Å². The number of fused-ring (bicyclic) bond motifs is 1. The van der Waals surface area contributed by atoms with Crippen LogP contribution in [0.4, 0.5) is 0 Å². The summed E-state index contributed by atoms with van der Waals surface area (Å²) < 4.78 is 7.61. The van der Waals surface area contributed by atoms with Crippen molar-refractivity contribution in [1.82, 2.24) is 14.5 Å². The molecule has 5 nitrogen and oxygen atoms in total. The second-order valence-corrected chi connectivity index (χ2v) is 4.83. The molecule has 0 unspecified atom stereocenters. The molecule has 0 bridgehead atoms. The molecule has 102 valence electrons. The molecule has 0 radical (unpaired) electrons. The molecule has 5 heteroatoms. The molecule has 1 aliphatic heterocycles. The van der Waals surface area contributed by atoms with Crippen LogP contribution in [0.5, 0.6) is 0 Å². The van der Waals surface area contributed by atoms with Gasteiger partial charge < -0.3 is 15.0 Å². The molecule has 1 aromatic carbocycles. The van der Waals surface area contributed by atoms with Gasteiger partial charge in [-0.25, -0.2) is 4.98 Å². The highest BCUT2D eigenvalue weighted by molar-refractivity contribution is 5.75. The number of hydrogen-bond acceptors (Lipinski definition) is 4. The van der Waals surface area contributed by atoms with Gasteiger partial charge in [0.15, 0.2) is 0 Å². The summed E-state index contributed by atoms with van der Waals surface area (Å²) in [6.45, 7) is 6.17. The van der Waals surface area contributed by atoms with Crippen molar-refractivity contribution in [1.29, 1.82) is 0 Å². The van der Waals surface area contributed by atoms with Crippen LogP contribution in [0.25, 0.3) is 11.0 Å². The summed E-state index contributed by atoms with van der Waals surface area (Å²) in [6.07, 6.45) is 0. The minimum absolute atomic E-state index is 0.484. The number of nitrogens with two attached hydrogens (primary N) is 1. The molecule has 19 heavy (non-hydrogen) atoms. The highest BCUT2D eigenvalue weighted by Gasteiger charge is 2.13. The first-order valence-corrected chi connectivity index (χ1v) is 6.83. The lowest BCUT2D eigenvalue weighted by Crippen LogP contribution is -2.38. The predicted molar refractivity (Wildman–Crippen MR) is 74.9 cm³/mol. The van der Waals surface area contributed by atoms with E-state index in [0.717, 1.165) is 50.7 Å². The summed E-state index contributed by atoms with van der Waals surface area (Å²) in [7, 11) is 0. The van der Waals surface area contributed by atoms with Gasteiger partial charge in [0.2, 0.25) is 0 Å². The van der Waals surface area contributed by atoms with Gasteiger partial charge in [0.1, 0.15) is 5.82 Å². The Morgan fingerprint density at radius 3 is 2.74 bits per heavy atom. The zero-order valence-corrected chi connectivity index (χ0v) is 11.1. The van der Waals surface area contributed by atoms with Gasteiger partial charge in [0.25, 0.3) is 0 Å². The van der Waals surface area contributed by atoms with Gasteiger partial charge >= 0.3 is 0 Å². The van der Waals surface area contributed by atoms with Crippen LogP contribution in [0.1, 0.15) is 5.82 Å². The van der Waals surface area contributed by atoms with Crippen LogP contribution in [-0.2, 0) is 17.8 Å². The summed E-state index contributed by atoms with van der Waals surface area (Å²) in [5.41, 5.74) is 8.02. The first-order chi connectivity index (χ1) is 9.38. The molecule has 1 aliphatic rings. The van der Waals surface area contributed by atoms with Crippen molar-refractivity contribution in [2.24, 2.45) is 5.73 Å². The first kappa shape index (κ1) is 12.6. The van der Waals surface area contributed by atoms with E-state index in [1.165, 1.54) is 5.52 Å². The van der Waals surface area contributed by atoms with Gasteiger partial charge in [-0.1, -0.05) is 12.1 Å². The van der Waals surface area contributed by atoms with Gasteiger partial charge in [0, 0.05) is 26.2 Å². The average Bonchev–Trinajstić information content (AvgIpc) is 2.84. The molecule has 0 saturated carbocycles. The molecule has 2 heterocycles. The predicted octanol–water partition coefficient (Wildman–Crippen LogP) is 0.827. The van der Waals surface area contributed by atoms with Crippen molar-refractivity contribution in [3.05, 3.63) is 30.1 Å². The van der Waals surface area contributed by atoms with Crippen LogP contribution in [0.15, 0.2) is 24.3 Å². The monoisotopic (exact) mass is 260 g/mol. The normalized spacial score (nSPS) is 17.1. The average molecular weight is 260 g/mol. The van der Waals surface area contributed by atoms with Crippen LogP contribution >= 0.6 is 0 Å².